The maximum atomic E-state index is 12.3. The van der Waals surface area contributed by atoms with Crippen LogP contribution in [0.3, 0.4) is 0 Å². The molecule has 0 spiro atoms. The first-order chi connectivity index (χ1) is 10.2. The van der Waals surface area contributed by atoms with E-state index >= 15 is 0 Å². The molecule has 2 aliphatic heterocycles. The van der Waals surface area contributed by atoms with Gasteiger partial charge in [-0.2, -0.15) is 5.10 Å². The van der Waals surface area contributed by atoms with Gasteiger partial charge in [-0.25, -0.2) is 0 Å². The van der Waals surface area contributed by atoms with Gasteiger partial charge in [-0.15, -0.1) is 0 Å². The van der Waals surface area contributed by atoms with Crippen LogP contribution in [0.25, 0.3) is 0 Å². The first-order valence-electron chi connectivity index (χ1n) is 7.81. The van der Waals surface area contributed by atoms with Gasteiger partial charge in [-0.1, -0.05) is 6.42 Å². The summed E-state index contributed by atoms with van der Waals surface area (Å²) in [4.78, 5) is 28.0. The summed E-state index contributed by atoms with van der Waals surface area (Å²) in [5, 5.41) is 6.99. The molecule has 1 aromatic heterocycles. The lowest BCUT2D eigenvalue weighted by molar-refractivity contribution is -0.134. The van der Waals surface area contributed by atoms with Crippen LogP contribution in [0.5, 0.6) is 0 Å². The third-order valence-corrected chi connectivity index (χ3v) is 4.42. The molecule has 0 saturated carbocycles. The molecule has 3 rings (SSSR count). The molecule has 1 saturated heterocycles. The zero-order valence-corrected chi connectivity index (χ0v) is 12.3. The first-order valence-corrected chi connectivity index (χ1v) is 7.81. The molecule has 0 aliphatic carbocycles. The van der Waals surface area contributed by atoms with Gasteiger partial charge >= 0.3 is 0 Å². The predicted molar refractivity (Wildman–Crippen MR) is 77.4 cm³/mol. The van der Waals surface area contributed by atoms with Gasteiger partial charge < -0.3 is 9.80 Å². The number of hydrogen-bond donors (Lipinski definition) is 1. The third-order valence-electron chi connectivity index (χ3n) is 4.42. The molecule has 3 heterocycles. The molecule has 6 nitrogen and oxygen atoms in total. The highest BCUT2D eigenvalue weighted by atomic mass is 16.2. The number of amides is 2. The number of likely N-dealkylation sites (tertiary alicyclic amines) is 1. The Labute approximate surface area is 124 Å². The lowest BCUT2D eigenvalue weighted by Crippen LogP contribution is -2.39. The topological polar surface area (TPSA) is 69.3 Å². The number of aromatic nitrogens is 2. The number of rotatable bonds is 3. The summed E-state index contributed by atoms with van der Waals surface area (Å²) in [7, 11) is 0. The van der Waals surface area contributed by atoms with Crippen molar-refractivity contribution in [2.45, 2.75) is 45.1 Å². The normalized spacial score (nSPS) is 19.3. The van der Waals surface area contributed by atoms with Crippen molar-refractivity contribution in [3.8, 4) is 0 Å². The Balaban J connectivity index is 1.51. The summed E-state index contributed by atoms with van der Waals surface area (Å²) >= 11 is 0. The second-order valence-electron chi connectivity index (χ2n) is 5.88. The minimum atomic E-state index is 0.138. The molecule has 1 aromatic rings. The maximum absolute atomic E-state index is 12.3. The molecule has 2 amide bonds. The molecule has 0 bridgehead atoms. The van der Waals surface area contributed by atoms with Crippen LogP contribution in [0.2, 0.25) is 0 Å². The largest absolute Gasteiger partial charge is 0.342 e. The smallest absolute Gasteiger partial charge is 0.224 e. The molecule has 0 radical (unpaired) electrons. The van der Waals surface area contributed by atoms with Crippen LogP contribution in [0.15, 0.2) is 6.20 Å². The van der Waals surface area contributed by atoms with E-state index in [4.69, 9.17) is 0 Å². The maximum Gasteiger partial charge on any atom is 0.224 e. The van der Waals surface area contributed by atoms with Crippen LogP contribution in [0.4, 0.5) is 0 Å². The molecule has 1 fully saturated rings. The summed E-state index contributed by atoms with van der Waals surface area (Å²) in [6.45, 7) is 2.74. The highest BCUT2D eigenvalue weighted by Gasteiger charge is 2.23. The Kier molecular flexibility index (Phi) is 4.22. The zero-order valence-electron chi connectivity index (χ0n) is 12.3. The SMILES string of the molecule is O=C1CCCCCN1CCC(=O)N1CCc2[nH]ncc2C1. The van der Waals surface area contributed by atoms with E-state index in [0.29, 0.717) is 25.9 Å². The highest BCUT2D eigenvalue weighted by Crippen LogP contribution is 2.17. The molecule has 1 N–H and O–H groups in total. The molecule has 0 aromatic carbocycles. The van der Waals surface area contributed by atoms with Crippen molar-refractivity contribution in [3.63, 3.8) is 0 Å². The van der Waals surface area contributed by atoms with Gasteiger partial charge in [0.05, 0.1) is 6.20 Å². The predicted octanol–water partition coefficient (Wildman–Crippen LogP) is 1.09. The lowest BCUT2D eigenvalue weighted by Gasteiger charge is -2.28. The van der Waals surface area contributed by atoms with Gasteiger partial charge in [0, 0.05) is 56.7 Å². The number of nitrogens with zero attached hydrogens (tertiary/aromatic N) is 3. The van der Waals surface area contributed by atoms with Crippen LogP contribution in [0, 0.1) is 0 Å². The molecule has 114 valence electrons. The van der Waals surface area contributed by atoms with E-state index in [2.05, 4.69) is 10.2 Å². The highest BCUT2D eigenvalue weighted by molar-refractivity contribution is 5.79. The molecular weight excluding hydrogens is 268 g/mol. The Morgan fingerprint density at radius 3 is 3.05 bits per heavy atom. The van der Waals surface area contributed by atoms with Crippen molar-refractivity contribution in [2.24, 2.45) is 0 Å². The van der Waals surface area contributed by atoms with Gasteiger partial charge in [-0.05, 0) is 12.8 Å². The van der Waals surface area contributed by atoms with Crippen molar-refractivity contribution in [2.75, 3.05) is 19.6 Å². The average molecular weight is 290 g/mol. The molecule has 0 unspecified atom stereocenters. The Morgan fingerprint density at radius 2 is 2.14 bits per heavy atom. The van der Waals surface area contributed by atoms with E-state index in [9.17, 15) is 9.59 Å². The Morgan fingerprint density at radius 1 is 1.24 bits per heavy atom. The standard InChI is InChI=1S/C15H22N4O2/c20-14-4-2-1-3-7-18(14)9-6-15(21)19-8-5-13-12(11-19)10-16-17-13/h10H,1-9,11H2,(H,16,17). The van der Waals surface area contributed by atoms with Gasteiger partial charge in [-0.3, -0.25) is 14.7 Å². The number of H-pyrrole nitrogens is 1. The quantitative estimate of drug-likeness (QED) is 0.906. The number of carbonyl (C=O) groups excluding carboxylic acids is 2. The van der Waals surface area contributed by atoms with Crippen molar-refractivity contribution in [1.29, 1.82) is 0 Å². The van der Waals surface area contributed by atoms with Gasteiger partial charge in [0.1, 0.15) is 0 Å². The van der Waals surface area contributed by atoms with Crippen molar-refractivity contribution in [3.05, 3.63) is 17.5 Å². The van der Waals surface area contributed by atoms with E-state index in [-0.39, 0.29) is 11.8 Å². The van der Waals surface area contributed by atoms with Gasteiger partial charge in [0.15, 0.2) is 0 Å². The van der Waals surface area contributed by atoms with E-state index < -0.39 is 0 Å². The minimum Gasteiger partial charge on any atom is -0.342 e. The second kappa shape index (κ2) is 6.28. The number of aromatic amines is 1. The van der Waals surface area contributed by atoms with Crippen LogP contribution < -0.4 is 0 Å². The molecule has 2 aliphatic rings. The number of fused-ring (bicyclic) bond motifs is 1. The summed E-state index contributed by atoms with van der Waals surface area (Å²) in [5.74, 6) is 0.343. The van der Waals surface area contributed by atoms with Crippen LogP contribution in [0.1, 0.15) is 43.4 Å². The molecule has 6 heteroatoms. The van der Waals surface area contributed by atoms with Crippen molar-refractivity contribution >= 4 is 11.8 Å². The molecular formula is C15H22N4O2. The number of carbonyl (C=O) groups is 2. The van der Waals surface area contributed by atoms with Crippen molar-refractivity contribution < 1.29 is 9.59 Å². The number of hydrogen-bond acceptors (Lipinski definition) is 3. The van der Waals surface area contributed by atoms with E-state index in [1.165, 1.54) is 0 Å². The monoisotopic (exact) mass is 290 g/mol. The van der Waals surface area contributed by atoms with Crippen LogP contribution in [-0.4, -0.2) is 51.4 Å². The zero-order chi connectivity index (χ0) is 14.7. The fourth-order valence-electron chi connectivity index (χ4n) is 3.10. The second-order valence-corrected chi connectivity index (χ2v) is 5.88. The van der Waals surface area contributed by atoms with E-state index in [1.54, 1.807) is 6.20 Å². The Hall–Kier alpha value is -1.85. The average Bonchev–Trinajstić information content (AvgIpc) is 2.87. The fourth-order valence-corrected chi connectivity index (χ4v) is 3.10. The summed E-state index contributed by atoms with van der Waals surface area (Å²) < 4.78 is 0. The van der Waals surface area contributed by atoms with E-state index in [1.807, 2.05) is 9.80 Å². The fraction of sp³-hybridized carbons (Fsp3) is 0.667. The third kappa shape index (κ3) is 3.25. The molecule has 0 atom stereocenters. The first kappa shape index (κ1) is 14.1. The summed E-state index contributed by atoms with van der Waals surface area (Å²) in [6.07, 6.45) is 6.86. The minimum absolute atomic E-state index is 0.138. The van der Waals surface area contributed by atoms with Crippen LogP contribution >= 0.6 is 0 Å². The molecule has 21 heavy (non-hydrogen) atoms. The Bertz CT molecular complexity index is 525. The van der Waals surface area contributed by atoms with Crippen LogP contribution in [-0.2, 0) is 22.6 Å². The number of nitrogens with one attached hydrogen (secondary N) is 1. The summed E-state index contributed by atoms with van der Waals surface area (Å²) in [6, 6.07) is 0. The van der Waals surface area contributed by atoms with E-state index in [0.717, 1.165) is 50.0 Å². The summed E-state index contributed by atoms with van der Waals surface area (Å²) in [5.41, 5.74) is 2.25. The van der Waals surface area contributed by atoms with Gasteiger partial charge in [0.2, 0.25) is 11.8 Å². The van der Waals surface area contributed by atoms with Gasteiger partial charge in [0.25, 0.3) is 0 Å². The lowest BCUT2D eigenvalue weighted by atomic mass is 10.1. The van der Waals surface area contributed by atoms with Crippen molar-refractivity contribution in [1.82, 2.24) is 20.0 Å².